The van der Waals surface area contributed by atoms with E-state index >= 15 is 0 Å². The number of benzene rings is 2. The molecule has 1 unspecified atom stereocenters. The van der Waals surface area contributed by atoms with Gasteiger partial charge in [0.1, 0.15) is 5.82 Å². The highest BCUT2D eigenvalue weighted by Crippen LogP contribution is 2.28. The Morgan fingerprint density at radius 2 is 1.55 bits per heavy atom. The Bertz CT molecular complexity index is 494. The highest BCUT2D eigenvalue weighted by molar-refractivity contribution is 6.30. The maximum Gasteiger partial charge on any atom is 0.123 e. The molecule has 0 fully saturated rings. The lowest BCUT2D eigenvalue weighted by Gasteiger charge is -2.28. The lowest BCUT2D eigenvalue weighted by atomic mass is 9.97. The molecular formula is C16H18ClFN2. The van der Waals surface area contributed by atoms with E-state index in [-0.39, 0.29) is 11.9 Å². The maximum absolute atomic E-state index is 13.1. The molecule has 0 amide bonds. The van der Waals surface area contributed by atoms with Crippen molar-refractivity contribution in [3.05, 3.63) is 70.5 Å². The summed E-state index contributed by atoms with van der Waals surface area (Å²) in [5.41, 5.74) is 7.79. The van der Waals surface area contributed by atoms with Crippen LogP contribution in [0.5, 0.6) is 0 Å². The molecule has 20 heavy (non-hydrogen) atoms. The molecule has 0 spiro atoms. The van der Waals surface area contributed by atoms with Crippen molar-refractivity contribution in [3.8, 4) is 0 Å². The summed E-state index contributed by atoms with van der Waals surface area (Å²) in [4.78, 5) is 2.15. The first-order chi connectivity index (χ1) is 9.61. The minimum atomic E-state index is -0.231. The average molecular weight is 293 g/mol. The van der Waals surface area contributed by atoms with E-state index in [0.29, 0.717) is 11.6 Å². The molecule has 2 aromatic carbocycles. The Hall–Kier alpha value is -1.42. The molecule has 0 heterocycles. The van der Waals surface area contributed by atoms with Gasteiger partial charge in [0.05, 0.1) is 6.04 Å². The number of halogens is 2. The van der Waals surface area contributed by atoms with Gasteiger partial charge < -0.3 is 5.73 Å². The Balaban J connectivity index is 2.38. The Morgan fingerprint density at radius 1 is 1.05 bits per heavy atom. The highest BCUT2D eigenvalue weighted by Gasteiger charge is 2.18. The SMILES string of the molecule is CN(CCN)C(c1ccc(F)cc1)c1ccc(Cl)cc1. The molecule has 1 atom stereocenters. The zero-order valence-corrected chi connectivity index (χ0v) is 12.1. The molecule has 106 valence electrons. The van der Waals surface area contributed by atoms with Crippen molar-refractivity contribution in [2.45, 2.75) is 6.04 Å². The van der Waals surface area contributed by atoms with Crippen LogP contribution in [-0.4, -0.2) is 25.0 Å². The topological polar surface area (TPSA) is 29.3 Å². The van der Waals surface area contributed by atoms with Crippen molar-refractivity contribution in [1.82, 2.24) is 4.90 Å². The standard InChI is InChI=1S/C16H18ClFN2/c1-20(11-10-19)16(12-2-6-14(17)7-3-12)13-4-8-15(18)9-5-13/h2-9,16H,10-11,19H2,1H3. The quantitative estimate of drug-likeness (QED) is 0.914. The first kappa shape index (κ1) is 15.0. The number of rotatable bonds is 5. The van der Waals surface area contributed by atoms with E-state index in [1.807, 2.05) is 43.4 Å². The normalized spacial score (nSPS) is 12.7. The van der Waals surface area contributed by atoms with Crippen molar-refractivity contribution >= 4 is 11.6 Å². The molecule has 4 heteroatoms. The van der Waals surface area contributed by atoms with Gasteiger partial charge in [-0.1, -0.05) is 35.9 Å². The lowest BCUT2D eigenvalue weighted by Crippen LogP contribution is -2.30. The zero-order valence-electron chi connectivity index (χ0n) is 11.4. The van der Waals surface area contributed by atoms with Gasteiger partial charge in [-0.2, -0.15) is 0 Å². The van der Waals surface area contributed by atoms with Crippen molar-refractivity contribution in [1.29, 1.82) is 0 Å². The van der Waals surface area contributed by atoms with Gasteiger partial charge in [-0.15, -0.1) is 0 Å². The van der Waals surface area contributed by atoms with E-state index in [2.05, 4.69) is 4.90 Å². The number of hydrogen-bond acceptors (Lipinski definition) is 2. The minimum Gasteiger partial charge on any atom is -0.329 e. The van der Waals surface area contributed by atoms with Gasteiger partial charge >= 0.3 is 0 Å². The number of nitrogens with zero attached hydrogens (tertiary/aromatic N) is 1. The van der Waals surface area contributed by atoms with Gasteiger partial charge in [0.2, 0.25) is 0 Å². The van der Waals surface area contributed by atoms with Gasteiger partial charge in [-0.05, 0) is 42.4 Å². The third kappa shape index (κ3) is 3.57. The average Bonchev–Trinajstić information content (AvgIpc) is 2.44. The fraction of sp³-hybridized carbons (Fsp3) is 0.250. The third-order valence-corrected chi connectivity index (χ3v) is 3.55. The lowest BCUT2D eigenvalue weighted by molar-refractivity contribution is 0.286. The first-order valence-corrected chi connectivity index (χ1v) is 6.91. The van der Waals surface area contributed by atoms with E-state index < -0.39 is 0 Å². The summed E-state index contributed by atoms with van der Waals surface area (Å²) < 4.78 is 13.1. The second-order valence-corrected chi connectivity index (χ2v) is 5.21. The molecular weight excluding hydrogens is 275 g/mol. The molecule has 2 aromatic rings. The zero-order chi connectivity index (χ0) is 14.5. The summed E-state index contributed by atoms with van der Waals surface area (Å²) in [7, 11) is 2.01. The molecule has 0 aromatic heterocycles. The third-order valence-electron chi connectivity index (χ3n) is 3.29. The van der Waals surface area contributed by atoms with E-state index in [4.69, 9.17) is 17.3 Å². The van der Waals surface area contributed by atoms with Gasteiger partial charge in [-0.3, -0.25) is 4.90 Å². The van der Waals surface area contributed by atoms with E-state index in [0.717, 1.165) is 17.7 Å². The summed E-state index contributed by atoms with van der Waals surface area (Å²) in [6.45, 7) is 1.33. The van der Waals surface area contributed by atoms with E-state index in [1.54, 1.807) is 0 Å². The number of hydrogen-bond donors (Lipinski definition) is 1. The monoisotopic (exact) mass is 292 g/mol. The summed E-state index contributed by atoms with van der Waals surface area (Å²) in [6, 6.07) is 14.3. The fourth-order valence-electron chi connectivity index (χ4n) is 2.32. The van der Waals surface area contributed by atoms with Crippen LogP contribution >= 0.6 is 11.6 Å². The molecule has 0 aliphatic carbocycles. The predicted octanol–water partition coefficient (Wildman–Crippen LogP) is 3.46. The van der Waals surface area contributed by atoms with Crippen molar-refractivity contribution < 1.29 is 4.39 Å². The summed E-state index contributed by atoms with van der Waals surface area (Å²) in [5.74, 6) is -0.231. The second-order valence-electron chi connectivity index (χ2n) is 4.77. The maximum atomic E-state index is 13.1. The number of nitrogens with two attached hydrogens (primary N) is 1. The highest BCUT2D eigenvalue weighted by atomic mass is 35.5. The Morgan fingerprint density at radius 3 is 2.05 bits per heavy atom. The van der Waals surface area contributed by atoms with Crippen LogP contribution in [0.1, 0.15) is 17.2 Å². The van der Waals surface area contributed by atoms with Crippen molar-refractivity contribution in [3.63, 3.8) is 0 Å². The molecule has 0 saturated heterocycles. The van der Waals surface area contributed by atoms with Gasteiger partial charge in [0.15, 0.2) is 0 Å². The van der Waals surface area contributed by atoms with Crippen LogP contribution in [0.3, 0.4) is 0 Å². The van der Waals surface area contributed by atoms with Crippen LogP contribution in [0.2, 0.25) is 5.02 Å². The fourth-order valence-corrected chi connectivity index (χ4v) is 2.45. The van der Waals surface area contributed by atoms with E-state index in [9.17, 15) is 4.39 Å². The van der Waals surface area contributed by atoms with Crippen molar-refractivity contribution in [2.75, 3.05) is 20.1 Å². The molecule has 0 bridgehead atoms. The Labute approximate surface area is 124 Å². The smallest absolute Gasteiger partial charge is 0.123 e. The van der Waals surface area contributed by atoms with Crippen LogP contribution in [-0.2, 0) is 0 Å². The van der Waals surface area contributed by atoms with E-state index in [1.165, 1.54) is 12.1 Å². The van der Waals surface area contributed by atoms with Gasteiger partial charge in [-0.25, -0.2) is 4.39 Å². The second kappa shape index (κ2) is 6.84. The molecule has 2 rings (SSSR count). The van der Waals surface area contributed by atoms with Crippen LogP contribution < -0.4 is 5.73 Å². The molecule has 0 radical (unpaired) electrons. The molecule has 0 aliphatic rings. The molecule has 0 aliphatic heterocycles. The molecule has 2 N–H and O–H groups in total. The van der Waals surface area contributed by atoms with Crippen molar-refractivity contribution in [2.24, 2.45) is 5.73 Å². The number of likely N-dealkylation sites (N-methyl/N-ethyl adjacent to an activating group) is 1. The summed E-state index contributed by atoms with van der Waals surface area (Å²) in [6.07, 6.45) is 0. The minimum absolute atomic E-state index is 0.0383. The van der Waals surface area contributed by atoms with Crippen LogP contribution in [0.25, 0.3) is 0 Å². The van der Waals surface area contributed by atoms with Crippen LogP contribution in [0, 0.1) is 5.82 Å². The van der Waals surface area contributed by atoms with Gasteiger partial charge in [0.25, 0.3) is 0 Å². The Kier molecular flexibility index (Phi) is 5.12. The van der Waals surface area contributed by atoms with Crippen LogP contribution in [0.15, 0.2) is 48.5 Å². The first-order valence-electron chi connectivity index (χ1n) is 6.53. The molecule has 2 nitrogen and oxygen atoms in total. The largest absolute Gasteiger partial charge is 0.329 e. The van der Waals surface area contributed by atoms with Crippen LogP contribution in [0.4, 0.5) is 4.39 Å². The van der Waals surface area contributed by atoms with Gasteiger partial charge in [0, 0.05) is 18.1 Å². The molecule has 0 saturated carbocycles. The summed E-state index contributed by atoms with van der Waals surface area (Å²) in [5, 5.41) is 0.702. The summed E-state index contributed by atoms with van der Waals surface area (Å²) >= 11 is 5.94. The predicted molar refractivity (Wildman–Crippen MR) is 81.4 cm³/mol.